The van der Waals surface area contributed by atoms with Crippen molar-refractivity contribution in [2.24, 2.45) is 0 Å². The second-order valence-electron chi connectivity index (χ2n) is 5.94. The van der Waals surface area contributed by atoms with Crippen LogP contribution in [0.4, 0.5) is 18.0 Å². The number of benzene rings is 1. The molecule has 1 aromatic rings. The Morgan fingerprint density at radius 1 is 1.36 bits per heavy atom. The summed E-state index contributed by atoms with van der Waals surface area (Å²) in [6.07, 6.45) is -1.99. The van der Waals surface area contributed by atoms with E-state index in [-0.39, 0.29) is 18.5 Å². The van der Waals surface area contributed by atoms with Gasteiger partial charge in [0.2, 0.25) is 0 Å². The lowest BCUT2D eigenvalue weighted by molar-refractivity contribution is 0.0150. The summed E-state index contributed by atoms with van der Waals surface area (Å²) in [5, 5.41) is 10.8. The molecule has 0 aromatic heterocycles. The molecule has 0 bridgehead atoms. The third kappa shape index (κ3) is 6.34. The number of hydrogen-bond acceptors (Lipinski definition) is 3. The Bertz CT molecular complexity index is 517. The Hall–Kier alpha value is -1.76. The molecule has 0 spiro atoms. The average Bonchev–Trinajstić information content (AvgIpc) is 2.76. The Kier molecular flexibility index (Phi) is 6.22. The van der Waals surface area contributed by atoms with Crippen LogP contribution in [0.5, 0.6) is 0 Å². The largest absolute Gasteiger partial charge is 0.506 e. The molecule has 1 aliphatic rings. The van der Waals surface area contributed by atoms with E-state index in [1.54, 1.807) is 20.8 Å². The van der Waals surface area contributed by atoms with Gasteiger partial charge in [0.05, 0.1) is 0 Å². The molecule has 4 nitrogen and oxygen atoms in total. The standard InChI is InChI=1S/C10H10F3N.C5H10O3/c11-6-1-2-9(13)8(3-6)10-4-7(12)5-14-10;1-5(2,3)8-4(6)7/h1-3,7,10,14H,4-5H2;1-3H3,(H,6,7)/t7-,10+;/m0./s1. The minimum Gasteiger partial charge on any atom is -0.450 e. The van der Waals surface area contributed by atoms with Gasteiger partial charge < -0.3 is 15.2 Å². The number of rotatable bonds is 1. The molecule has 1 saturated heterocycles. The second kappa shape index (κ2) is 7.49. The molecule has 0 radical (unpaired) electrons. The first-order valence-electron chi connectivity index (χ1n) is 6.83. The smallest absolute Gasteiger partial charge is 0.450 e. The number of halogens is 3. The molecule has 0 unspecified atom stereocenters. The molecule has 0 saturated carbocycles. The van der Waals surface area contributed by atoms with Gasteiger partial charge in [-0.2, -0.15) is 0 Å². The summed E-state index contributed by atoms with van der Waals surface area (Å²) in [6, 6.07) is 2.84. The molecule has 22 heavy (non-hydrogen) atoms. The summed E-state index contributed by atoms with van der Waals surface area (Å²) in [5.41, 5.74) is -0.364. The zero-order chi connectivity index (χ0) is 16.9. The number of carbonyl (C=O) groups is 1. The lowest BCUT2D eigenvalue weighted by atomic mass is 10.0. The molecule has 1 aromatic carbocycles. The van der Waals surface area contributed by atoms with Crippen LogP contribution in [0.3, 0.4) is 0 Å². The number of hydrogen-bond donors (Lipinski definition) is 2. The van der Waals surface area contributed by atoms with Gasteiger partial charge in [0, 0.05) is 18.2 Å². The van der Waals surface area contributed by atoms with Gasteiger partial charge in [0.15, 0.2) is 0 Å². The van der Waals surface area contributed by atoms with E-state index < -0.39 is 35.6 Å². The van der Waals surface area contributed by atoms with E-state index in [0.717, 1.165) is 18.2 Å². The van der Waals surface area contributed by atoms with E-state index in [9.17, 15) is 18.0 Å². The van der Waals surface area contributed by atoms with Crippen LogP contribution in [0.1, 0.15) is 38.8 Å². The molecule has 0 aliphatic carbocycles. The third-order valence-corrected chi connectivity index (χ3v) is 2.80. The molecule has 0 amide bonds. The van der Waals surface area contributed by atoms with Crippen LogP contribution in [0, 0.1) is 11.6 Å². The van der Waals surface area contributed by atoms with Crippen molar-refractivity contribution in [1.82, 2.24) is 5.32 Å². The summed E-state index contributed by atoms with van der Waals surface area (Å²) in [6.45, 7) is 5.25. The number of ether oxygens (including phenoxy) is 1. The minimum absolute atomic E-state index is 0.209. The highest BCUT2D eigenvalue weighted by molar-refractivity contribution is 5.57. The molecule has 2 atom stereocenters. The average molecular weight is 319 g/mol. The first-order chi connectivity index (χ1) is 10.1. The maximum atomic E-state index is 13.2. The van der Waals surface area contributed by atoms with Crippen LogP contribution < -0.4 is 5.32 Å². The zero-order valence-corrected chi connectivity index (χ0v) is 12.7. The summed E-state index contributed by atoms with van der Waals surface area (Å²) >= 11 is 0. The van der Waals surface area contributed by atoms with Crippen molar-refractivity contribution in [3.05, 3.63) is 35.4 Å². The minimum atomic E-state index is -1.22. The lowest BCUT2D eigenvalue weighted by Crippen LogP contribution is -2.22. The molecule has 2 N–H and O–H groups in total. The highest BCUT2D eigenvalue weighted by atomic mass is 19.1. The van der Waals surface area contributed by atoms with E-state index in [0.29, 0.717) is 0 Å². The molecule has 124 valence electrons. The fourth-order valence-corrected chi connectivity index (χ4v) is 1.97. The topological polar surface area (TPSA) is 58.6 Å². The van der Waals surface area contributed by atoms with Crippen LogP contribution in [-0.4, -0.2) is 29.6 Å². The van der Waals surface area contributed by atoms with E-state index in [4.69, 9.17) is 5.11 Å². The van der Waals surface area contributed by atoms with Gasteiger partial charge >= 0.3 is 6.16 Å². The number of carboxylic acid groups (broad SMARTS) is 1. The zero-order valence-electron chi connectivity index (χ0n) is 12.7. The van der Waals surface area contributed by atoms with Gasteiger partial charge in [-0.3, -0.25) is 0 Å². The number of alkyl halides is 1. The van der Waals surface area contributed by atoms with Gasteiger partial charge in [-0.05, 0) is 45.4 Å². The Morgan fingerprint density at radius 3 is 2.41 bits per heavy atom. The highest BCUT2D eigenvalue weighted by Gasteiger charge is 2.27. The maximum absolute atomic E-state index is 13.2. The summed E-state index contributed by atoms with van der Waals surface area (Å²) in [4.78, 5) is 9.79. The van der Waals surface area contributed by atoms with E-state index in [1.807, 2.05) is 0 Å². The van der Waals surface area contributed by atoms with Crippen molar-refractivity contribution < 1.29 is 27.8 Å². The van der Waals surface area contributed by atoms with Gasteiger partial charge in [-0.25, -0.2) is 18.0 Å². The van der Waals surface area contributed by atoms with Crippen LogP contribution in [0.15, 0.2) is 18.2 Å². The van der Waals surface area contributed by atoms with Crippen LogP contribution >= 0.6 is 0 Å². The highest BCUT2D eigenvalue weighted by Crippen LogP contribution is 2.27. The molecule has 2 rings (SSSR count). The van der Waals surface area contributed by atoms with Crippen molar-refractivity contribution in [1.29, 1.82) is 0 Å². The molecule has 1 fully saturated rings. The first kappa shape index (κ1) is 18.3. The molecule has 1 aliphatic heterocycles. The van der Waals surface area contributed by atoms with E-state index >= 15 is 0 Å². The van der Waals surface area contributed by atoms with Crippen molar-refractivity contribution in [3.63, 3.8) is 0 Å². The van der Waals surface area contributed by atoms with Crippen molar-refractivity contribution in [3.8, 4) is 0 Å². The predicted octanol–water partition coefficient (Wildman–Crippen LogP) is 3.82. The summed E-state index contributed by atoms with van der Waals surface area (Å²) < 4.78 is 43.2. The molecule has 1 heterocycles. The Labute approximate surface area is 127 Å². The van der Waals surface area contributed by atoms with Gasteiger partial charge in [0.1, 0.15) is 23.4 Å². The van der Waals surface area contributed by atoms with Crippen molar-refractivity contribution >= 4 is 6.16 Å². The Morgan fingerprint density at radius 2 is 2.00 bits per heavy atom. The van der Waals surface area contributed by atoms with Crippen LogP contribution in [0.25, 0.3) is 0 Å². The number of nitrogens with one attached hydrogen (secondary N) is 1. The van der Waals surface area contributed by atoms with Gasteiger partial charge in [0.25, 0.3) is 0 Å². The fourth-order valence-electron chi connectivity index (χ4n) is 1.97. The van der Waals surface area contributed by atoms with Crippen LogP contribution in [0.2, 0.25) is 0 Å². The van der Waals surface area contributed by atoms with Crippen molar-refractivity contribution in [2.45, 2.75) is 45.0 Å². The quantitative estimate of drug-likeness (QED) is 0.773. The summed E-state index contributed by atoms with van der Waals surface area (Å²) in [5.74, 6) is -0.983. The summed E-state index contributed by atoms with van der Waals surface area (Å²) in [7, 11) is 0. The van der Waals surface area contributed by atoms with Crippen molar-refractivity contribution in [2.75, 3.05) is 6.54 Å². The predicted molar refractivity (Wildman–Crippen MR) is 75.5 cm³/mol. The maximum Gasteiger partial charge on any atom is 0.506 e. The van der Waals surface area contributed by atoms with E-state index in [1.165, 1.54) is 0 Å². The molecule has 7 heteroatoms. The molecular weight excluding hydrogens is 299 g/mol. The van der Waals surface area contributed by atoms with E-state index in [2.05, 4.69) is 10.1 Å². The fraction of sp³-hybridized carbons (Fsp3) is 0.533. The van der Waals surface area contributed by atoms with Gasteiger partial charge in [-0.1, -0.05) is 0 Å². The van der Waals surface area contributed by atoms with Gasteiger partial charge in [-0.15, -0.1) is 0 Å². The molecular formula is C15H20F3NO3. The third-order valence-electron chi connectivity index (χ3n) is 2.80. The SMILES string of the molecule is CC(C)(C)OC(=O)O.Fc1ccc(F)c([C@H]2C[C@H](F)CN2)c1. The lowest BCUT2D eigenvalue weighted by Gasteiger charge is -2.15. The monoisotopic (exact) mass is 319 g/mol. The first-order valence-corrected chi connectivity index (χ1v) is 6.83. The Balaban J connectivity index is 0.000000261. The van der Waals surface area contributed by atoms with Crippen LogP contribution in [-0.2, 0) is 4.74 Å². The second-order valence-corrected chi connectivity index (χ2v) is 5.94. The normalized spacial score (nSPS) is 21.0.